The van der Waals surface area contributed by atoms with E-state index in [1.165, 1.54) is 0 Å². The Kier molecular flexibility index (Phi) is 8.30. The first-order valence-corrected chi connectivity index (χ1v) is 9.25. The van der Waals surface area contributed by atoms with Crippen LogP contribution in [0.2, 0.25) is 0 Å². The first-order chi connectivity index (χ1) is 13.6. The largest absolute Gasteiger partial charge is 0.497 e. The zero-order valence-corrected chi connectivity index (χ0v) is 17.3. The van der Waals surface area contributed by atoms with Gasteiger partial charge in [0.2, 0.25) is 0 Å². The van der Waals surface area contributed by atoms with E-state index in [0.717, 1.165) is 13.1 Å². The molecule has 1 fully saturated rings. The maximum atomic E-state index is 12.6. The number of benzene rings is 2. The molecule has 1 atom stereocenters. The van der Waals surface area contributed by atoms with Crippen LogP contribution in [0.5, 0.6) is 11.5 Å². The van der Waals surface area contributed by atoms with Crippen LogP contribution in [0, 0.1) is 0 Å². The Balaban J connectivity index is 0.00000300. The summed E-state index contributed by atoms with van der Waals surface area (Å²) in [6.45, 7) is 4.21. The molecule has 8 heteroatoms. The molecule has 1 heterocycles. The van der Waals surface area contributed by atoms with E-state index in [9.17, 15) is 9.59 Å². The summed E-state index contributed by atoms with van der Waals surface area (Å²) in [5.74, 6) is 0.933. The summed E-state index contributed by atoms with van der Waals surface area (Å²) in [5, 5.41) is 6.03. The number of hydrogen-bond donors (Lipinski definition) is 2. The molecule has 1 unspecified atom stereocenters. The Labute approximate surface area is 176 Å². The van der Waals surface area contributed by atoms with Crippen LogP contribution in [0.15, 0.2) is 48.5 Å². The molecule has 0 radical (unpaired) electrons. The molecule has 1 aliphatic rings. The highest BCUT2D eigenvalue weighted by Gasteiger charge is 2.23. The Morgan fingerprint density at radius 1 is 1.17 bits per heavy atom. The van der Waals surface area contributed by atoms with E-state index in [0.29, 0.717) is 29.3 Å². The summed E-state index contributed by atoms with van der Waals surface area (Å²) in [6, 6.07) is 14.1. The van der Waals surface area contributed by atoms with Crippen molar-refractivity contribution in [2.45, 2.75) is 13.0 Å². The lowest BCUT2D eigenvalue weighted by molar-refractivity contribution is -0.118. The van der Waals surface area contributed by atoms with Gasteiger partial charge in [-0.2, -0.15) is 0 Å². The van der Waals surface area contributed by atoms with Crippen LogP contribution in [0.4, 0.5) is 5.69 Å². The predicted octanol–water partition coefficient (Wildman–Crippen LogP) is 2.57. The molecule has 7 nitrogen and oxygen atoms in total. The van der Waals surface area contributed by atoms with Crippen molar-refractivity contribution in [1.29, 1.82) is 0 Å². The van der Waals surface area contributed by atoms with Crippen LogP contribution in [-0.4, -0.2) is 56.1 Å². The SMILES string of the molecule is COc1cccc(NC(=O)COc2ccc(C(=O)N3CCNCC3C)cc2)c1.Cl. The van der Waals surface area contributed by atoms with Gasteiger partial charge in [0.15, 0.2) is 6.61 Å². The lowest BCUT2D eigenvalue weighted by Crippen LogP contribution is -2.52. The molecule has 2 aromatic rings. The number of carbonyl (C=O) groups is 2. The predicted molar refractivity (Wildman–Crippen MR) is 114 cm³/mol. The number of hydrogen-bond acceptors (Lipinski definition) is 5. The molecule has 0 aromatic heterocycles. The minimum absolute atomic E-state index is 0. The van der Waals surface area contributed by atoms with E-state index in [1.54, 1.807) is 55.6 Å². The smallest absolute Gasteiger partial charge is 0.262 e. The van der Waals surface area contributed by atoms with E-state index in [-0.39, 0.29) is 36.9 Å². The van der Waals surface area contributed by atoms with Gasteiger partial charge in [-0.15, -0.1) is 12.4 Å². The van der Waals surface area contributed by atoms with Crippen molar-refractivity contribution in [3.8, 4) is 11.5 Å². The van der Waals surface area contributed by atoms with Crippen LogP contribution >= 0.6 is 12.4 Å². The Bertz CT molecular complexity index is 829. The van der Waals surface area contributed by atoms with Gasteiger partial charge in [-0.05, 0) is 43.3 Å². The van der Waals surface area contributed by atoms with Gasteiger partial charge in [0.25, 0.3) is 11.8 Å². The summed E-state index contributed by atoms with van der Waals surface area (Å²) in [6.07, 6.45) is 0. The highest BCUT2D eigenvalue weighted by Crippen LogP contribution is 2.18. The van der Waals surface area contributed by atoms with Crippen molar-refractivity contribution >= 4 is 29.9 Å². The fourth-order valence-electron chi connectivity index (χ4n) is 3.05. The lowest BCUT2D eigenvalue weighted by Gasteiger charge is -2.34. The number of halogens is 1. The van der Waals surface area contributed by atoms with Gasteiger partial charge in [0.1, 0.15) is 11.5 Å². The second-order valence-electron chi connectivity index (χ2n) is 6.64. The third kappa shape index (κ3) is 6.10. The number of rotatable bonds is 6. The number of methoxy groups -OCH3 is 1. The molecular formula is C21H26ClN3O4. The zero-order chi connectivity index (χ0) is 19.9. The Morgan fingerprint density at radius 2 is 1.93 bits per heavy atom. The molecule has 0 saturated carbocycles. The maximum absolute atomic E-state index is 12.6. The summed E-state index contributed by atoms with van der Waals surface area (Å²) in [4.78, 5) is 26.6. The highest BCUT2D eigenvalue weighted by atomic mass is 35.5. The van der Waals surface area contributed by atoms with Crippen molar-refractivity contribution in [3.05, 3.63) is 54.1 Å². The molecule has 156 valence electrons. The zero-order valence-electron chi connectivity index (χ0n) is 16.5. The number of amides is 2. The second-order valence-corrected chi connectivity index (χ2v) is 6.64. The normalized spacial score (nSPS) is 15.8. The minimum Gasteiger partial charge on any atom is -0.497 e. The number of carbonyl (C=O) groups excluding carboxylic acids is 2. The Morgan fingerprint density at radius 3 is 2.62 bits per heavy atom. The Hall–Kier alpha value is -2.77. The van der Waals surface area contributed by atoms with Crippen molar-refractivity contribution < 1.29 is 19.1 Å². The van der Waals surface area contributed by atoms with Crippen LogP contribution in [0.3, 0.4) is 0 Å². The van der Waals surface area contributed by atoms with E-state index in [4.69, 9.17) is 9.47 Å². The minimum atomic E-state index is -0.275. The average Bonchev–Trinajstić information content (AvgIpc) is 2.72. The molecule has 0 spiro atoms. The van der Waals surface area contributed by atoms with Crippen LogP contribution in [-0.2, 0) is 4.79 Å². The number of nitrogens with zero attached hydrogens (tertiary/aromatic N) is 1. The lowest BCUT2D eigenvalue weighted by atomic mass is 10.1. The molecule has 3 rings (SSSR count). The molecular weight excluding hydrogens is 394 g/mol. The number of ether oxygens (including phenoxy) is 2. The topological polar surface area (TPSA) is 79.9 Å². The van der Waals surface area contributed by atoms with Gasteiger partial charge in [-0.25, -0.2) is 0 Å². The third-order valence-corrected chi connectivity index (χ3v) is 4.59. The van der Waals surface area contributed by atoms with E-state index >= 15 is 0 Å². The summed E-state index contributed by atoms with van der Waals surface area (Å²) < 4.78 is 10.6. The maximum Gasteiger partial charge on any atom is 0.262 e. The van der Waals surface area contributed by atoms with Crippen LogP contribution in [0.25, 0.3) is 0 Å². The third-order valence-electron chi connectivity index (χ3n) is 4.59. The number of nitrogens with one attached hydrogen (secondary N) is 2. The summed E-state index contributed by atoms with van der Waals surface area (Å²) in [7, 11) is 1.57. The molecule has 0 aliphatic carbocycles. The highest BCUT2D eigenvalue weighted by molar-refractivity contribution is 5.94. The van der Waals surface area contributed by atoms with Crippen LogP contribution < -0.4 is 20.1 Å². The average molecular weight is 420 g/mol. The van der Waals surface area contributed by atoms with Crippen molar-refractivity contribution in [1.82, 2.24) is 10.2 Å². The molecule has 0 bridgehead atoms. The fourth-order valence-corrected chi connectivity index (χ4v) is 3.05. The standard InChI is InChI=1S/C21H25N3O4.ClH/c1-15-13-22-10-11-24(15)21(26)16-6-8-18(9-7-16)28-14-20(25)23-17-4-3-5-19(12-17)27-2;/h3-9,12,15,22H,10-11,13-14H2,1-2H3,(H,23,25);1H. The molecule has 2 N–H and O–H groups in total. The number of piperazine rings is 1. The second kappa shape index (κ2) is 10.7. The first-order valence-electron chi connectivity index (χ1n) is 9.25. The summed E-state index contributed by atoms with van der Waals surface area (Å²) >= 11 is 0. The van der Waals surface area contributed by atoms with Crippen molar-refractivity contribution in [2.24, 2.45) is 0 Å². The first kappa shape index (κ1) is 22.5. The molecule has 29 heavy (non-hydrogen) atoms. The van der Waals surface area contributed by atoms with Gasteiger partial charge in [0.05, 0.1) is 7.11 Å². The fraction of sp³-hybridized carbons (Fsp3) is 0.333. The molecule has 2 aromatic carbocycles. The van der Waals surface area contributed by atoms with Crippen molar-refractivity contribution in [2.75, 3.05) is 38.7 Å². The van der Waals surface area contributed by atoms with Gasteiger partial charge in [-0.3, -0.25) is 9.59 Å². The van der Waals surface area contributed by atoms with Gasteiger partial charge in [-0.1, -0.05) is 6.07 Å². The number of anilines is 1. The monoisotopic (exact) mass is 419 g/mol. The van der Waals surface area contributed by atoms with E-state index in [2.05, 4.69) is 10.6 Å². The van der Waals surface area contributed by atoms with E-state index < -0.39 is 0 Å². The quantitative estimate of drug-likeness (QED) is 0.752. The van der Waals surface area contributed by atoms with E-state index in [1.807, 2.05) is 11.8 Å². The molecule has 1 aliphatic heterocycles. The van der Waals surface area contributed by atoms with Gasteiger partial charge >= 0.3 is 0 Å². The van der Waals surface area contributed by atoms with Crippen LogP contribution in [0.1, 0.15) is 17.3 Å². The van der Waals surface area contributed by atoms with Gasteiger partial charge < -0.3 is 25.0 Å². The van der Waals surface area contributed by atoms with Gasteiger partial charge in [0, 0.05) is 43.0 Å². The summed E-state index contributed by atoms with van der Waals surface area (Å²) in [5.41, 5.74) is 1.25. The molecule has 1 saturated heterocycles. The van der Waals surface area contributed by atoms with Crippen molar-refractivity contribution in [3.63, 3.8) is 0 Å². The molecule has 2 amide bonds.